The Labute approximate surface area is 198 Å². The molecule has 11 heteroatoms. The number of hydrogen-bond donors (Lipinski definition) is 2. The van der Waals surface area contributed by atoms with Crippen LogP contribution in [0.4, 0.5) is 11.4 Å². The van der Waals surface area contributed by atoms with Crippen LogP contribution >= 0.6 is 0 Å². The topological polar surface area (TPSA) is 123 Å². The molecule has 0 bridgehead atoms. The molecule has 2 amide bonds. The largest absolute Gasteiger partial charge is 0.454 e. The van der Waals surface area contributed by atoms with Gasteiger partial charge in [-0.25, -0.2) is 8.42 Å². The molecule has 1 fully saturated rings. The van der Waals surface area contributed by atoms with E-state index in [4.69, 9.17) is 14.2 Å². The number of anilines is 2. The van der Waals surface area contributed by atoms with E-state index in [2.05, 4.69) is 10.6 Å². The Hall–Kier alpha value is -3.31. The molecule has 0 radical (unpaired) electrons. The van der Waals surface area contributed by atoms with Crippen LogP contribution in [0.5, 0.6) is 11.5 Å². The van der Waals surface area contributed by atoms with E-state index in [9.17, 15) is 18.0 Å². The first-order valence-corrected chi connectivity index (χ1v) is 12.7. The van der Waals surface area contributed by atoms with E-state index in [1.807, 2.05) is 0 Å². The molecule has 34 heavy (non-hydrogen) atoms. The summed E-state index contributed by atoms with van der Waals surface area (Å²) in [6.07, 6.45) is 1.84. The van der Waals surface area contributed by atoms with Gasteiger partial charge in [-0.15, -0.1) is 0 Å². The Morgan fingerprint density at radius 1 is 1.12 bits per heavy atom. The lowest BCUT2D eigenvalue weighted by Gasteiger charge is -2.24. The average molecular weight is 490 g/mol. The lowest BCUT2D eigenvalue weighted by atomic mass is 10.1. The molecular weight excluding hydrogens is 462 g/mol. The fourth-order valence-electron chi connectivity index (χ4n) is 3.76. The van der Waals surface area contributed by atoms with E-state index >= 15 is 0 Å². The molecule has 182 valence electrons. The number of sulfonamides is 1. The van der Waals surface area contributed by atoms with Gasteiger partial charge < -0.3 is 24.8 Å². The lowest BCUT2D eigenvalue weighted by molar-refractivity contribution is -0.114. The van der Waals surface area contributed by atoms with Gasteiger partial charge in [0.1, 0.15) is 6.54 Å². The van der Waals surface area contributed by atoms with Gasteiger partial charge in [-0.3, -0.25) is 13.9 Å². The summed E-state index contributed by atoms with van der Waals surface area (Å²) >= 11 is 0. The maximum absolute atomic E-state index is 12.9. The first-order chi connectivity index (χ1) is 16.4. The number of para-hydroxylation sites is 1. The van der Waals surface area contributed by atoms with Gasteiger partial charge in [-0.1, -0.05) is 12.1 Å². The fraction of sp³-hybridized carbons (Fsp3) is 0.391. The van der Waals surface area contributed by atoms with E-state index < -0.39 is 22.5 Å². The molecule has 2 aliphatic heterocycles. The predicted octanol–water partition coefficient (Wildman–Crippen LogP) is 2.12. The van der Waals surface area contributed by atoms with Crippen LogP contribution < -0.4 is 24.4 Å². The van der Waals surface area contributed by atoms with Crippen molar-refractivity contribution >= 4 is 33.2 Å². The van der Waals surface area contributed by atoms with Crippen molar-refractivity contribution in [3.05, 3.63) is 48.0 Å². The third kappa shape index (κ3) is 5.42. The summed E-state index contributed by atoms with van der Waals surface area (Å²) in [5.74, 6) is -0.224. The van der Waals surface area contributed by atoms with E-state index in [1.54, 1.807) is 36.4 Å². The average Bonchev–Trinajstić information content (AvgIpc) is 3.52. The van der Waals surface area contributed by atoms with Gasteiger partial charge in [-0.2, -0.15) is 0 Å². The Balaban J connectivity index is 1.48. The van der Waals surface area contributed by atoms with Crippen LogP contribution in [-0.2, 0) is 19.6 Å². The molecule has 0 spiro atoms. The SMILES string of the molecule is CCS(=O)(=O)N(CC(=O)Nc1ccccc1C(=O)NC[C@@H]1CCCO1)c1ccc2c(c1)OCO2. The number of carbonyl (C=O) groups is 2. The molecule has 0 aromatic heterocycles. The Morgan fingerprint density at radius 2 is 1.91 bits per heavy atom. The number of hydrogen-bond acceptors (Lipinski definition) is 7. The van der Waals surface area contributed by atoms with Crippen LogP contribution in [0.1, 0.15) is 30.1 Å². The second-order valence-corrected chi connectivity index (χ2v) is 10.1. The van der Waals surface area contributed by atoms with Crippen LogP contribution in [0.15, 0.2) is 42.5 Å². The predicted molar refractivity (Wildman–Crippen MR) is 126 cm³/mol. The van der Waals surface area contributed by atoms with E-state index in [0.29, 0.717) is 24.7 Å². The standard InChI is InChI=1S/C23H27N3O7S/c1-2-34(29,30)26(16-9-10-20-21(12-16)33-15-32-20)14-22(27)25-19-8-4-3-7-18(19)23(28)24-13-17-6-5-11-31-17/h3-4,7-10,12,17H,2,5-6,11,13-15H2,1H3,(H,24,28)(H,25,27)/t17-/m0/s1. The Kier molecular flexibility index (Phi) is 7.23. The molecule has 4 rings (SSSR count). The number of ether oxygens (including phenoxy) is 3. The van der Waals surface area contributed by atoms with Crippen molar-refractivity contribution < 1.29 is 32.2 Å². The number of fused-ring (bicyclic) bond motifs is 1. The quantitative estimate of drug-likeness (QED) is 0.553. The van der Waals surface area contributed by atoms with Crippen LogP contribution in [0.25, 0.3) is 0 Å². The zero-order chi connectivity index (χ0) is 24.1. The maximum atomic E-state index is 12.9. The number of amides is 2. The van der Waals surface area contributed by atoms with Gasteiger partial charge in [0.15, 0.2) is 11.5 Å². The molecule has 0 unspecified atom stereocenters. The minimum absolute atomic E-state index is 0.0137. The van der Waals surface area contributed by atoms with Crippen molar-refractivity contribution in [2.24, 2.45) is 0 Å². The fourth-order valence-corrected chi connectivity index (χ4v) is 4.82. The minimum Gasteiger partial charge on any atom is -0.454 e. The molecule has 0 aliphatic carbocycles. The van der Waals surface area contributed by atoms with Crippen LogP contribution in [0.2, 0.25) is 0 Å². The highest BCUT2D eigenvalue weighted by Gasteiger charge is 2.26. The number of benzene rings is 2. The number of carbonyl (C=O) groups excluding carboxylic acids is 2. The lowest BCUT2D eigenvalue weighted by Crippen LogP contribution is -2.39. The highest BCUT2D eigenvalue weighted by molar-refractivity contribution is 7.92. The van der Waals surface area contributed by atoms with E-state index in [1.165, 1.54) is 13.0 Å². The Bertz CT molecular complexity index is 1160. The molecule has 2 aromatic carbocycles. The summed E-state index contributed by atoms with van der Waals surface area (Å²) in [4.78, 5) is 25.6. The molecule has 1 saturated heterocycles. The molecule has 2 aromatic rings. The van der Waals surface area contributed by atoms with Gasteiger partial charge in [0, 0.05) is 19.2 Å². The summed E-state index contributed by atoms with van der Waals surface area (Å²) in [7, 11) is -3.78. The number of nitrogens with zero attached hydrogens (tertiary/aromatic N) is 1. The van der Waals surface area contributed by atoms with Crippen molar-refractivity contribution in [2.75, 3.05) is 41.9 Å². The van der Waals surface area contributed by atoms with E-state index in [-0.39, 0.29) is 41.5 Å². The first kappa shape index (κ1) is 23.8. The van der Waals surface area contributed by atoms with Crippen molar-refractivity contribution in [1.82, 2.24) is 5.32 Å². The summed E-state index contributed by atoms with van der Waals surface area (Å²) < 4.78 is 42.7. The molecule has 2 N–H and O–H groups in total. The van der Waals surface area contributed by atoms with Gasteiger partial charge in [-0.05, 0) is 44.0 Å². The molecule has 10 nitrogen and oxygen atoms in total. The first-order valence-electron chi connectivity index (χ1n) is 11.1. The van der Waals surface area contributed by atoms with Crippen LogP contribution in [-0.4, -0.2) is 58.6 Å². The van der Waals surface area contributed by atoms with Gasteiger partial charge >= 0.3 is 0 Å². The normalized spacial score (nSPS) is 16.8. The van der Waals surface area contributed by atoms with Crippen LogP contribution in [0, 0.1) is 0 Å². The molecule has 1 atom stereocenters. The van der Waals surface area contributed by atoms with Crippen LogP contribution in [0.3, 0.4) is 0 Å². The molecule has 2 aliphatic rings. The minimum atomic E-state index is -3.78. The molecular formula is C23H27N3O7S. The third-order valence-electron chi connectivity index (χ3n) is 5.59. The smallest absolute Gasteiger partial charge is 0.253 e. The zero-order valence-corrected chi connectivity index (χ0v) is 19.6. The number of rotatable bonds is 9. The Morgan fingerprint density at radius 3 is 2.68 bits per heavy atom. The van der Waals surface area contributed by atoms with Crippen molar-refractivity contribution in [3.63, 3.8) is 0 Å². The van der Waals surface area contributed by atoms with E-state index in [0.717, 1.165) is 17.1 Å². The summed E-state index contributed by atoms with van der Waals surface area (Å²) in [6, 6.07) is 11.2. The second-order valence-electron chi connectivity index (χ2n) is 7.88. The highest BCUT2D eigenvalue weighted by Crippen LogP contribution is 2.36. The summed E-state index contributed by atoms with van der Waals surface area (Å²) in [6.45, 7) is 2.15. The van der Waals surface area contributed by atoms with Gasteiger partial charge in [0.05, 0.1) is 28.8 Å². The van der Waals surface area contributed by atoms with Crippen molar-refractivity contribution in [1.29, 1.82) is 0 Å². The number of nitrogens with one attached hydrogen (secondary N) is 2. The summed E-state index contributed by atoms with van der Waals surface area (Å²) in [5, 5.41) is 5.51. The van der Waals surface area contributed by atoms with Gasteiger partial charge in [0.2, 0.25) is 22.7 Å². The maximum Gasteiger partial charge on any atom is 0.253 e. The zero-order valence-electron chi connectivity index (χ0n) is 18.8. The highest BCUT2D eigenvalue weighted by atomic mass is 32.2. The monoisotopic (exact) mass is 489 g/mol. The second kappa shape index (κ2) is 10.3. The molecule has 2 heterocycles. The van der Waals surface area contributed by atoms with Crippen molar-refractivity contribution in [2.45, 2.75) is 25.9 Å². The third-order valence-corrected chi connectivity index (χ3v) is 7.33. The summed E-state index contributed by atoms with van der Waals surface area (Å²) in [5.41, 5.74) is 0.850. The van der Waals surface area contributed by atoms with Gasteiger partial charge in [0.25, 0.3) is 5.91 Å². The van der Waals surface area contributed by atoms with Crippen molar-refractivity contribution in [3.8, 4) is 11.5 Å². The molecule has 0 saturated carbocycles.